The summed E-state index contributed by atoms with van der Waals surface area (Å²) in [5.74, 6) is -5.79. The molecule has 0 aliphatic carbocycles. The molecule has 0 unspecified atom stereocenters. The molecule has 1 aliphatic rings. The molecule has 9 N–H and O–H groups in total. The molecule has 5 atom stereocenters. The minimum Gasteiger partial charge on any atom is -0.481 e. The Morgan fingerprint density at radius 1 is 0.778 bits per heavy atom. The zero-order chi connectivity index (χ0) is 52.7. The number of amides is 6. The van der Waals surface area contributed by atoms with Gasteiger partial charge >= 0.3 is 5.97 Å². The Morgan fingerprint density at radius 3 is 2.03 bits per heavy atom. The van der Waals surface area contributed by atoms with Crippen LogP contribution in [-0.4, -0.2) is 140 Å². The van der Waals surface area contributed by atoms with Crippen LogP contribution in [0.5, 0.6) is 0 Å². The molecule has 1 heterocycles. The van der Waals surface area contributed by atoms with Gasteiger partial charge in [-0.3, -0.25) is 38.1 Å². The minimum atomic E-state index is -4.48. The fourth-order valence-corrected chi connectivity index (χ4v) is 8.62. The van der Waals surface area contributed by atoms with Gasteiger partial charge in [0.05, 0.1) is 24.0 Å². The van der Waals surface area contributed by atoms with Crippen LogP contribution in [0.2, 0.25) is 0 Å². The number of nitrogens with zero attached hydrogens (tertiary/aromatic N) is 4. The van der Waals surface area contributed by atoms with Gasteiger partial charge in [0.2, 0.25) is 29.5 Å². The predicted molar refractivity (Wildman–Crippen MR) is 268 cm³/mol. The summed E-state index contributed by atoms with van der Waals surface area (Å²) in [5.41, 5.74) is 2.93. The number of rotatable bonds is 24. The maximum atomic E-state index is 14.2. The van der Waals surface area contributed by atoms with E-state index in [4.69, 9.17) is 0 Å². The number of carbonyl (C=O) groups is 7. The molecular weight excluding hydrogens is 953 g/mol. The quantitative estimate of drug-likeness (QED) is 0.0277. The van der Waals surface area contributed by atoms with Crippen molar-refractivity contribution >= 4 is 85.1 Å². The molecule has 0 spiro atoms. The van der Waals surface area contributed by atoms with Crippen LogP contribution in [0.15, 0.2) is 100 Å². The minimum absolute atomic E-state index is 0.0549. The number of aliphatic hydroxyl groups excluding tert-OH is 1. The van der Waals surface area contributed by atoms with E-state index in [1.54, 1.807) is 42.5 Å². The molecular formula is C49H62N10O12S. The van der Waals surface area contributed by atoms with Gasteiger partial charge in [0.25, 0.3) is 16.0 Å². The van der Waals surface area contributed by atoms with Gasteiger partial charge in [-0.1, -0.05) is 38.1 Å². The third-order valence-corrected chi connectivity index (χ3v) is 12.5. The molecule has 4 aromatic carbocycles. The third-order valence-electron chi connectivity index (χ3n) is 11.6. The number of nitrogens with one attached hydrogen (secondary N) is 6. The molecule has 1 aliphatic heterocycles. The van der Waals surface area contributed by atoms with Crippen LogP contribution in [0.3, 0.4) is 0 Å². The van der Waals surface area contributed by atoms with Gasteiger partial charge in [-0.2, -0.15) is 18.6 Å². The average molecular weight is 1020 g/mol. The first-order valence-corrected chi connectivity index (χ1v) is 24.8. The van der Waals surface area contributed by atoms with Crippen molar-refractivity contribution in [3.8, 4) is 0 Å². The molecule has 0 radical (unpaired) electrons. The Morgan fingerprint density at radius 2 is 1.42 bits per heavy atom. The second kappa shape index (κ2) is 25.6. The maximum Gasteiger partial charge on any atom is 0.303 e. The van der Waals surface area contributed by atoms with Gasteiger partial charge in [0, 0.05) is 67.9 Å². The highest BCUT2D eigenvalue weighted by Crippen LogP contribution is 2.29. The summed E-state index contributed by atoms with van der Waals surface area (Å²) < 4.78 is 33.3. The first-order valence-electron chi connectivity index (χ1n) is 23.3. The molecule has 0 bridgehead atoms. The molecule has 4 aromatic rings. The second-order valence-electron chi connectivity index (χ2n) is 17.8. The van der Waals surface area contributed by atoms with Crippen LogP contribution in [-0.2, 0) is 38.9 Å². The van der Waals surface area contributed by atoms with E-state index < -0.39 is 101 Å². The van der Waals surface area contributed by atoms with Crippen molar-refractivity contribution in [1.29, 1.82) is 0 Å². The Labute approximate surface area is 417 Å². The summed E-state index contributed by atoms with van der Waals surface area (Å²) in [4.78, 5) is 95.8. The van der Waals surface area contributed by atoms with E-state index in [9.17, 15) is 56.7 Å². The van der Waals surface area contributed by atoms with E-state index in [2.05, 4.69) is 42.1 Å². The number of hydrogen-bond acceptors (Lipinski definition) is 14. The van der Waals surface area contributed by atoms with E-state index in [1.807, 2.05) is 57.1 Å². The summed E-state index contributed by atoms with van der Waals surface area (Å²) in [5, 5.41) is 45.0. The van der Waals surface area contributed by atoms with Crippen LogP contribution < -0.4 is 36.8 Å². The SMILES string of the molecule is CC(C)C[C@H](NC(=O)c1ccc(N=Nc2ccc(N(C)C)cc2)cc1)C(=O)N1CCC[C@H]1C(=O)N[C@@H](CCC(=O)O)C(=O)N[C@H](C(=O)NCC(=O)NCCNc1cccc2c(S(=O)(=O)O)cccc12)[C@@H](C)O. The van der Waals surface area contributed by atoms with Gasteiger partial charge in [0.15, 0.2) is 0 Å². The summed E-state index contributed by atoms with van der Waals surface area (Å²) >= 11 is 0. The second-order valence-corrected chi connectivity index (χ2v) is 19.2. The highest BCUT2D eigenvalue weighted by Gasteiger charge is 2.40. The lowest BCUT2D eigenvalue weighted by atomic mass is 10.0. The number of azo groups is 1. The Balaban J connectivity index is 1.16. The van der Waals surface area contributed by atoms with Crippen molar-refractivity contribution in [1.82, 2.24) is 31.5 Å². The molecule has 0 aromatic heterocycles. The molecule has 22 nitrogen and oxygen atoms in total. The molecule has 386 valence electrons. The molecule has 0 saturated carbocycles. The highest BCUT2D eigenvalue weighted by atomic mass is 32.2. The van der Waals surface area contributed by atoms with Crippen molar-refractivity contribution in [2.75, 3.05) is 50.5 Å². The number of fused-ring (bicyclic) bond motifs is 1. The van der Waals surface area contributed by atoms with Crippen molar-refractivity contribution in [3.63, 3.8) is 0 Å². The van der Waals surface area contributed by atoms with Crippen LogP contribution in [0, 0.1) is 5.92 Å². The normalized spacial score (nSPS) is 15.3. The topological polar surface area (TPSA) is 318 Å². The molecule has 5 rings (SSSR count). The van der Waals surface area contributed by atoms with Crippen LogP contribution in [0.25, 0.3) is 10.8 Å². The lowest BCUT2D eigenvalue weighted by molar-refractivity contribution is -0.141. The van der Waals surface area contributed by atoms with Crippen molar-refractivity contribution in [2.45, 2.75) is 88.0 Å². The van der Waals surface area contributed by atoms with Crippen molar-refractivity contribution < 1.29 is 56.7 Å². The monoisotopic (exact) mass is 1010 g/mol. The van der Waals surface area contributed by atoms with E-state index in [0.717, 1.165) is 5.69 Å². The van der Waals surface area contributed by atoms with E-state index in [0.29, 0.717) is 28.9 Å². The number of likely N-dealkylation sites (tertiary alicyclic amines) is 1. The standard InChI is InChI=1S/C49H62N10O12S/c1-29(2)27-39(54-45(64)31-14-16-32(17-15-31)56-57-33-18-20-34(21-19-33)58(4)5)49(68)59-26-8-12-40(59)47(66)53-38(22-23-43(62)63)46(65)55-44(30(3)60)48(67)52-28-42(61)51-25-24-50-37-11-6-10-36-35(37)9-7-13-41(36)72(69,70)71/h6-7,9-11,13-21,29-30,38-40,44,50,60H,8,12,22-28H2,1-5H3,(H,51,61)(H,52,67)(H,53,66)(H,54,64)(H,55,65)(H,62,63)(H,69,70,71)/t30-,38+,39+,40+,44+/m1/s1. The molecule has 72 heavy (non-hydrogen) atoms. The number of carbonyl (C=O) groups excluding carboxylic acids is 6. The maximum absolute atomic E-state index is 14.2. The van der Waals surface area contributed by atoms with Gasteiger partial charge in [-0.05, 0) is 99.2 Å². The number of carboxylic acids is 1. The number of aliphatic carboxylic acids is 1. The number of carboxylic acid groups (broad SMARTS) is 1. The van der Waals surface area contributed by atoms with E-state index in [-0.39, 0.29) is 54.2 Å². The van der Waals surface area contributed by atoms with E-state index in [1.165, 1.54) is 30.0 Å². The van der Waals surface area contributed by atoms with Crippen molar-refractivity contribution in [3.05, 3.63) is 90.5 Å². The lowest BCUT2D eigenvalue weighted by Gasteiger charge is -2.31. The third kappa shape index (κ3) is 15.8. The summed E-state index contributed by atoms with van der Waals surface area (Å²) in [7, 11) is -0.619. The largest absolute Gasteiger partial charge is 0.481 e. The first-order chi connectivity index (χ1) is 34.1. The number of anilines is 2. The van der Waals surface area contributed by atoms with Gasteiger partial charge in [0.1, 0.15) is 29.1 Å². The van der Waals surface area contributed by atoms with Crippen LogP contribution in [0.1, 0.15) is 63.2 Å². The predicted octanol–water partition coefficient (Wildman–Crippen LogP) is 3.26. The summed E-state index contributed by atoms with van der Waals surface area (Å²) in [6, 6.07) is 17.7. The Hall–Kier alpha value is -7.50. The molecule has 23 heteroatoms. The summed E-state index contributed by atoms with van der Waals surface area (Å²) in [6.07, 6.45) is -1.68. The smallest absolute Gasteiger partial charge is 0.303 e. The van der Waals surface area contributed by atoms with Gasteiger partial charge < -0.3 is 51.9 Å². The van der Waals surface area contributed by atoms with Crippen LogP contribution in [0.4, 0.5) is 22.7 Å². The zero-order valence-electron chi connectivity index (χ0n) is 40.6. The zero-order valence-corrected chi connectivity index (χ0v) is 41.4. The van der Waals surface area contributed by atoms with Crippen molar-refractivity contribution in [2.24, 2.45) is 16.1 Å². The fraction of sp³-hybridized carbons (Fsp3) is 0.408. The number of aliphatic hydroxyl groups is 1. The Kier molecular flexibility index (Phi) is 19.7. The number of benzene rings is 4. The van der Waals surface area contributed by atoms with Gasteiger partial charge in [-0.25, -0.2) is 0 Å². The molecule has 1 fully saturated rings. The molecule has 1 saturated heterocycles. The van der Waals surface area contributed by atoms with E-state index >= 15 is 0 Å². The number of hydrogen-bond donors (Lipinski definition) is 9. The Bertz CT molecular complexity index is 2730. The first kappa shape index (κ1) is 55.4. The summed E-state index contributed by atoms with van der Waals surface area (Å²) in [6.45, 7) is 4.77. The van der Waals surface area contributed by atoms with Gasteiger partial charge in [-0.15, -0.1) is 0 Å². The average Bonchev–Trinajstić information content (AvgIpc) is 3.84. The van der Waals surface area contributed by atoms with Crippen LogP contribution >= 0.6 is 0 Å². The highest BCUT2D eigenvalue weighted by molar-refractivity contribution is 7.86. The lowest BCUT2D eigenvalue weighted by Crippen LogP contribution is -2.60. The fourth-order valence-electron chi connectivity index (χ4n) is 7.91. The molecule has 6 amide bonds.